The van der Waals surface area contributed by atoms with E-state index in [9.17, 15) is 0 Å². The highest BCUT2D eigenvalue weighted by Gasteiger charge is 2.16. The van der Waals surface area contributed by atoms with Crippen LogP contribution in [0, 0.1) is 6.92 Å². The Labute approximate surface area is 133 Å². The summed E-state index contributed by atoms with van der Waals surface area (Å²) in [5.74, 6) is 0. The van der Waals surface area contributed by atoms with E-state index in [4.69, 9.17) is 26.5 Å². The van der Waals surface area contributed by atoms with Gasteiger partial charge < -0.3 is 31.0 Å². The fourth-order valence-corrected chi connectivity index (χ4v) is 2.00. The molecule has 0 saturated carbocycles. The van der Waals surface area contributed by atoms with Crippen LogP contribution in [0.15, 0.2) is 18.2 Å². The molecule has 0 aliphatic heterocycles. The predicted octanol–water partition coefficient (Wildman–Crippen LogP) is 1.93. The van der Waals surface area contributed by atoms with Crippen LogP contribution in [0.3, 0.4) is 0 Å². The highest BCUT2D eigenvalue weighted by molar-refractivity contribution is 5.55. The van der Waals surface area contributed by atoms with Gasteiger partial charge >= 0.3 is 0 Å². The van der Waals surface area contributed by atoms with Gasteiger partial charge in [0.25, 0.3) is 0 Å². The minimum Gasteiger partial charge on any atom is -0.565 e. The molecule has 0 bridgehead atoms. The van der Waals surface area contributed by atoms with Crippen LogP contribution >= 0.6 is 0 Å². The minimum atomic E-state index is -2.08. The lowest BCUT2D eigenvalue weighted by molar-refractivity contribution is -0.921. The molecule has 6 nitrogen and oxygen atoms in total. The molecule has 128 valence electrons. The standard InChI is InChI=1S/C8H20N.C7H10N2.CH2O3/c1-5-9(6-2,7-3)8-4;1-5-2-3-6(8)4-7(5)9;2-1(3)4/h5-8H2,1-4H3;2-4H,8-9H2,1H3;(H2,2,3,4)/q+1;;/p-1. The maximum atomic E-state index is 8.44. The van der Waals surface area contributed by atoms with Gasteiger partial charge in [0.1, 0.15) is 0 Å². The molecule has 22 heavy (non-hydrogen) atoms. The first-order valence-corrected chi connectivity index (χ1v) is 7.54. The van der Waals surface area contributed by atoms with Crippen LogP contribution in [0.2, 0.25) is 0 Å². The van der Waals surface area contributed by atoms with Crippen LogP contribution in [0.5, 0.6) is 0 Å². The van der Waals surface area contributed by atoms with Crippen LogP contribution in [0.25, 0.3) is 0 Å². The van der Waals surface area contributed by atoms with E-state index in [1.165, 1.54) is 30.7 Å². The molecule has 0 saturated heterocycles. The van der Waals surface area contributed by atoms with Crippen molar-refractivity contribution in [1.29, 1.82) is 0 Å². The SMILES string of the molecule is CC[N+](CC)(CC)CC.Cc1ccc(N)cc1N.O=C([O-])O. The molecule has 0 radical (unpaired) electrons. The molecule has 0 unspecified atom stereocenters. The highest BCUT2D eigenvalue weighted by atomic mass is 16.6. The van der Waals surface area contributed by atoms with Gasteiger partial charge in [-0.2, -0.15) is 0 Å². The number of carbonyl (C=O) groups is 1. The number of anilines is 2. The average molecular weight is 313 g/mol. The van der Waals surface area contributed by atoms with Crippen molar-refractivity contribution >= 4 is 17.5 Å². The van der Waals surface area contributed by atoms with Crippen molar-refractivity contribution in [3.8, 4) is 0 Å². The number of hydrogen-bond donors (Lipinski definition) is 3. The molecule has 1 aromatic rings. The zero-order valence-electron chi connectivity index (χ0n) is 14.4. The Bertz CT molecular complexity index is 411. The number of hydrogen-bond acceptors (Lipinski definition) is 4. The van der Waals surface area contributed by atoms with E-state index >= 15 is 0 Å². The first-order chi connectivity index (χ1) is 10.2. The lowest BCUT2D eigenvalue weighted by Crippen LogP contribution is -2.47. The Kier molecular flexibility index (Phi) is 11.9. The molecular formula is C16H31N3O3. The number of quaternary nitrogens is 1. The van der Waals surface area contributed by atoms with E-state index in [0.29, 0.717) is 0 Å². The normalized spacial score (nSPS) is 9.86. The van der Waals surface area contributed by atoms with Crippen LogP contribution in [-0.2, 0) is 0 Å². The number of nitrogens with two attached hydrogens (primary N) is 2. The minimum absolute atomic E-state index is 0.720. The molecule has 0 aliphatic rings. The maximum absolute atomic E-state index is 8.44. The van der Waals surface area contributed by atoms with Gasteiger partial charge in [-0.1, -0.05) is 6.07 Å². The van der Waals surface area contributed by atoms with E-state index in [1.807, 2.05) is 19.1 Å². The van der Waals surface area contributed by atoms with Crippen molar-refractivity contribution in [1.82, 2.24) is 0 Å². The number of nitrogens with zero attached hydrogens (tertiary/aromatic N) is 1. The summed E-state index contributed by atoms with van der Waals surface area (Å²) in [4.78, 5) is 8.44. The van der Waals surface area contributed by atoms with Crippen molar-refractivity contribution in [2.45, 2.75) is 34.6 Å². The third-order valence-corrected chi connectivity index (χ3v) is 3.99. The lowest BCUT2D eigenvalue weighted by atomic mass is 10.2. The Hall–Kier alpha value is -1.95. The summed E-state index contributed by atoms with van der Waals surface area (Å²) < 4.78 is 1.28. The first kappa shape index (κ1) is 22.3. The quantitative estimate of drug-likeness (QED) is 0.581. The first-order valence-electron chi connectivity index (χ1n) is 7.54. The van der Waals surface area contributed by atoms with Crippen molar-refractivity contribution in [3.63, 3.8) is 0 Å². The molecule has 1 aromatic carbocycles. The van der Waals surface area contributed by atoms with Crippen molar-refractivity contribution < 1.29 is 19.5 Å². The number of aryl methyl sites for hydroxylation is 1. The molecule has 6 heteroatoms. The Balaban J connectivity index is 0. The second kappa shape index (κ2) is 11.7. The predicted molar refractivity (Wildman–Crippen MR) is 90.5 cm³/mol. The van der Waals surface area contributed by atoms with E-state index in [-0.39, 0.29) is 0 Å². The second-order valence-corrected chi connectivity index (χ2v) is 4.99. The van der Waals surface area contributed by atoms with Crippen molar-refractivity contribution in [3.05, 3.63) is 23.8 Å². The Morgan fingerprint density at radius 1 is 1.09 bits per heavy atom. The van der Waals surface area contributed by atoms with Crippen LogP contribution in [0.4, 0.5) is 16.2 Å². The molecule has 0 amide bonds. The summed E-state index contributed by atoms with van der Waals surface area (Å²) in [6, 6.07) is 5.51. The van der Waals surface area contributed by atoms with Crippen molar-refractivity contribution in [2.24, 2.45) is 0 Å². The summed E-state index contributed by atoms with van der Waals surface area (Å²) >= 11 is 0. The van der Waals surface area contributed by atoms with Crippen molar-refractivity contribution in [2.75, 3.05) is 37.6 Å². The van der Waals surface area contributed by atoms with Gasteiger partial charge in [0.2, 0.25) is 6.16 Å². The van der Waals surface area contributed by atoms with Gasteiger partial charge in [-0.3, -0.25) is 0 Å². The Morgan fingerprint density at radius 2 is 1.45 bits per heavy atom. The van der Waals surface area contributed by atoms with Gasteiger partial charge in [-0.25, -0.2) is 0 Å². The molecule has 1 rings (SSSR count). The average Bonchev–Trinajstić information content (AvgIpc) is 2.46. The maximum Gasteiger partial charge on any atom is 0.249 e. The summed E-state index contributed by atoms with van der Waals surface area (Å²) in [7, 11) is 0. The smallest absolute Gasteiger partial charge is 0.249 e. The summed E-state index contributed by atoms with van der Waals surface area (Å²) in [5.41, 5.74) is 13.5. The summed E-state index contributed by atoms with van der Waals surface area (Å²) in [6.45, 7) is 16.2. The van der Waals surface area contributed by atoms with E-state index in [2.05, 4.69) is 27.7 Å². The second-order valence-electron chi connectivity index (χ2n) is 4.99. The molecule has 0 aromatic heterocycles. The number of carboxylic acid groups (broad SMARTS) is 2. The summed E-state index contributed by atoms with van der Waals surface area (Å²) in [5, 5.41) is 15.3. The van der Waals surface area contributed by atoms with Gasteiger partial charge in [0.05, 0.1) is 26.2 Å². The molecule has 0 spiro atoms. The van der Waals surface area contributed by atoms with Crippen LogP contribution in [0.1, 0.15) is 33.3 Å². The third-order valence-electron chi connectivity index (χ3n) is 3.99. The molecule has 5 N–H and O–H groups in total. The van der Waals surface area contributed by atoms with Gasteiger partial charge in [0.15, 0.2) is 0 Å². The number of benzene rings is 1. The van der Waals surface area contributed by atoms with Gasteiger partial charge in [-0.15, -0.1) is 0 Å². The number of nitrogen functional groups attached to an aromatic ring is 2. The largest absolute Gasteiger partial charge is 0.565 e. The zero-order chi connectivity index (χ0) is 17.8. The topological polar surface area (TPSA) is 112 Å². The van der Waals surface area contributed by atoms with Gasteiger partial charge in [0, 0.05) is 11.4 Å². The van der Waals surface area contributed by atoms with Gasteiger partial charge in [-0.05, 0) is 52.3 Å². The molecule has 0 aliphatic carbocycles. The lowest BCUT2D eigenvalue weighted by Gasteiger charge is -2.34. The number of rotatable bonds is 4. The zero-order valence-corrected chi connectivity index (χ0v) is 14.4. The third kappa shape index (κ3) is 9.88. The van der Waals surface area contributed by atoms with Crippen LogP contribution in [-0.4, -0.2) is 41.9 Å². The molecule has 0 heterocycles. The molecule has 0 fully saturated rings. The molecular weight excluding hydrogens is 282 g/mol. The van der Waals surface area contributed by atoms with E-state index in [0.717, 1.165) is 16.9 Å². The fraction of sp³-hybridized carbons (Fsp3) is 0.562. The fourth-order valence-electron chi connectivity index (χ4n) is 2.00. The van der Waals surface area contributed by atoms with E-state index in [1.54, 1.807) is 6.07 Å². The molecule has 0 atom stereocenters. The Morgan fingerprint density at radius 3 is 1.64 bits per heavy atom. The van der Waals surface area contributed by atoms with Crippen LogP contribution < -0.4 is 16.6 Å². The van der Waals surface area contributed by atoms with E-state index < -0.39 is 6.16 Å². The summed E-state index contributed by atoms with van der Waals surface area (Å²) in [6.07, 6.45) is -2.08. The monoisotopic (exact) mass is 313 g/mol. The highest BCUT2D eigenvalue weighted by Crippen LogP contribution is 2.13.